The SMILES string of the molecule is Cc1ccc(C(C)C)c(CC[C@H](CO)NC(=O)OCc2ccccc2)c1. The van der Waals surface area contributed by atoms with Crippen LogP contribution in [-0.4, -0.2) is 23.8 Å². The standard InChI is InChI=1S/C22H29NO3/c1-16(2)21-12-9-17(3)13-19(21)10-11-20(14-24)23-22(25)26-15-18-7-5-4-6-8-18/h4-9,12-13,16,20,24H,10-11,14-15H2,1-3H3,(H,23,25)/t20-/m1/s1. The summed E-state index contributed by atoms with van der Waals surface area (Å²) >= 11 is 0. The van der Waals surface area contributed by atoms with Crippen LogP contribution in [0.15, 0.2) is 48.5 Å². The van der Waals surface area contributed by atoms with Crippen molar-refractivity contribution in [1.29, 1.82) is 0 Å². The van der Waals surface area contributed by atoms with E-state index in [0.29, 0.717) is 12.3 Å². The molecule has 26 heavy (non-hydrogen) atoms. The van der Waals surface area contributed by atoms with Crippen LogP contribution in [0.3, 0.4) is 0 Å². The fourth-order valence-corrected chi connectivity index (χ4v) is 2.98. The highest BCUT2D eigenvalue weighted by Gasteiger charge is 2.14. The number of nitrogens with one attached hydrogen (secondary N) is 1. The molecular weight excluding hydrogens is 326 g/mol. The fraction of sp³-hybridized carbons (Fsp3) is 0.409. The Morgan fingerprint density at radius 1 is 1.15 bits per heavy atom. The molecule has 2 rings (SSSR count). The summed E-state index contributed by atoms with van der Waals surface area (Å²) in [6, 6.07) is 15.7. The third-order valence-electron chi connectivity index (χ3n) is 4.44. The zero-order valence-electron chi connectivity index (χ0n) is 15.9. The number of benzene rings is 2. The molecule has 0 aromatic heterocycles. The largest absolute Gasteiger partial charge is 0.445 e. The molecule has 0 aliphatic carbocycles. The first-order valence-electron chi connectivity index (χ1n) is 9.17. The predicted molar refractivity (Wildman–Crippen MR) is 104 cm³/mol. The minimum absolute atomic E-state index is 0.108. The molecule has 2 aromatic rings. The van der Waals surface area contributed by atoms with E-state index < -0.39 is 6.09 Å². The van der Waals surface area contributed by atoms with E-state index in [4.69, 9.17) is 4.74 Å². The molecule has 0 bridgehead atoms. The van der Waals surface area contributed by atoms with Gasteiger partial charge < -0.3 is 15.2 Å². The lowest BCUT2D eigenvalue weighted by Gasteiger charge is -2.19. The Labute approximate surface area is 156 Å². The summed E-state index contributed by atoms with van der Waals surface area (Å²) in [6.07, 6.45) is 0.973. The van der Waals surface area contributed by atoms with Gasteiger partial charge in [-0.25, -0.2) is 4.79 Å². The Morgan fingerprint density at radius 3 is 2.54 bits per heavy atom. The van der Waals surface area contributed by atoms with Gasteiger partial charge in [0.15, 0.2) is 0 Å². The van der Waals surface area contributed by atoms with Crippen molar-refractivity contribution < 1.29 is 14.6 Å². The summed E-state index contributed by atoms with van der Waals surface area (Å²) in [6.45, 7) is 6.55. The smallest absolute Gasteiger partial charge is 0.407 e. The first kappa shape index (κ1) is 20.0. The monoisotopic (exact) mass is 355 g/mol. The molecule has 4 heteroatoms. The number of alkyl carbamates (subject to hydrolysis) is 1. The Morgan fingerprint density at radius 2 is 1.88 bits per heavy atom. The van der Waals surface area contributed by atoms with E-state index in [1.54, 1.807) is 0 Å². The first-order chi connectivity index (χ1) is 12.5. The molecular formula is C22H29NO3. The number of hydrogen-bond acceptors (Lipinski definition) is 3. The maximum atomic E-state index is 12.0. The molecule has 2 aromatic carbocycles. The van der Waals surface area contributed by atoms with Crippen molar-refractivity contribution in [3.05, 3.63) is 70.8 Å². The normalized spacial score (nSPS) is 12.0. The highest BCUT2D eigenvalue weighted by atomic mass is 16.5. The number of aliphatic hydroxyl groups excluding tert-OH is 1. The molecule has 0 heterocycles. The molecule has 0 fully saturated rings. The van der Waals surface area contributed by atoms with Crippen LogP contribution >= 0.6 is 0 Å². The van der Waals surface area contributed by atoms with Gasteiger partial charge in [0.1, 0.15) is 6.61 Å². The average Bonchev–Trinajstić information content (AvgIpc) is 2.64. The first-order valence-corrected chi connectivity index (χ1v) is 9.17. The molecule has 2 N–H and O–H groups in total. The third kappa shape index (κ3) is 6.19. The molecule has 0 radical (unpaired) electrons. The van der Waals surface area contributed by atoms with Gasteiger partial charge in [-0.1, -0.05) is 67.9 Å². The van der Waals surface area contributed by atoms with Gasteiger partial charge >= 0.3 is 6.09 Å². The minimum Gasteiger partial charge on any atom is -0.445 e. The summed E-state index contributed by atoms with van der Waals surface area (Å²) in [7, 11) is 0. The van der Waals surface area contributed by atoms with E-state index in [9.17, 15) is 9.90 Å². The molecule has 0 unspecified atom stereocenters. The van der Waals surface area contributed by atoms with Gasteiger partial charge in [-0.3, -0.25) is 0 Å². The van der Waals surface area contributed by atoms with Gasteiger partial charge in [-0.2, -0.15) is 0 Å². The minimum atomic E-state index is -0.499. The van der Waals surface area contributed by atoms with Gasteiger partial charge in [0.05, 0.1) is 12.6 Å². The molecule has 0 saturated carbocycles. The van der Waals surface area contributed by atoms with Crippen molar-refractivity contribution in [2.24, 2.45) is 0 Å². The van der Waals surface area contributed by atoms with E-state index in [0.717, 1.165) is 12.0 Å². The van der Waals surface area contributed by atoms with Crippen molar-refractivity contribution in [1.82, 2.24) is 5.32 Å². The highest BCUT2D eigenvalue weighted by molar-refractivity contribution is 5.67. The molecule has 140 valence electrons. The number of rotatable bonds is 8. The van der Waals surface area contributed by atoms with Crippen LogP contribution in [0.2, 0.25) is 0 Å². The van der Waals surface area contributed by atoms with Crippen LogP contribution in [0, 0.1) is 6.92 Å². The van der Waals surface area contributed by atoms with Gasteiger partial charge in [0.2, 0.25) is 0 Å². The number of carbonyl (C=O) groups excluding carboxylic acids is 1. The lowest BCUT2D eigenvalue weighted by atomic mass is 9.92. The van der Waals surface area contributed by atoms with Crippen molar-refractivity contribution in [2.75, 3.05) is 6.61 Å². The van der Waals surface area contributed by atoms with Gasteiger partial charge in [0.25, 0.3) is 0 Å². The fourth-order valence-electron chi connectivity index (χ4n) is 2.98. The third-order valence-corrected chi connectivity index (χ3v) is 4.44. The second kappa shape index (κ2) is 9.97. The van der Waals surface area contributed by atoms with E-state index in [1.165, 1.54) is 16.7 Å². The number of aliphatic hydroxyl groups is 1. The van der Waals surface area contributed by atoms with Crippen molar-refractivity contribution >= 4 is 6.09 Å². The topological polar surface area (TPSA) is 58.6 Å². The van der Waals surface area contributed by atoms with E-state index in [-0.39, 0.29) is 19.3 Å². The van der Waals surface area contributed by atoms with Crippen LogP contribution in [-0.2, 0) is 17.8 Å². The zero-order valence-corrected chi connectivity index (χ0v) is 15.9. The molecule has 0 aliphatic heterocycles. The number of hydrogen-bond donors (Lipinski definition) is 2. The number of carbonyl (C=O) groups is 1. The van der Waals surface area contributed by atoms with Crippen LogP contribution in [0.25, 0.3) is 0 Å². The summed E-state index contributed by atoms with van der Waals surface area (Å²) in [5.41, 5.74) is 4.75. The molecule has 0 saturated heterocycles. The average molecular weight is 355 g/mol. The van der Waals surface area contributed by atoms with E-state index >= 15 is 0 Å². The van der Waals surface area contributed by atoms with Crippen molar-refractivity contribution in [3.63, 3.8) is 0 Å². The Balaban J connectivity index is 1.87. The Hall–Kier alpha value is -2.33. The molecule has 1 amide bonds. The maximum Gasteiger partial charge on any atom is 0.407 e. The number of ether oxygens (including phenoxy) is 1. The van der Waals surface area contributed by atoms with Crippen LogP contribution in [0.4, 0.5) is 4.79 Å². The van der Waals surface area contributed by atoms with Gasteiger partial charge in [-0.15, -0.1) is 0 Å². The van der Waals surface area contributed by atoms with E-state index in [2.05, 4.69) is 44.3 Å². The maximum absolute atomic E-state index is 12.0. The second-order valence-electron chi connectivity index (χ2n) is 6.98. The Bertz CT molecular complexity index is 698. The zero-order chi connectivity index (χ0) is 18.9. The van der Waals surface area contributed by atoms with Crippen LogP contribution in [0.1, 0.15) is 48.4 Å². The summed E-state index contributed by atoms with van der Waals surface area (Å²) in [5.74, 6) is 0.446. The summed E-state index contributed by atoms with van der Waals surface area (Å²) in [4.78, 5) is 12.0. The van der Waals surface area contributed by atoms with Gasteiger partial charge in [0, 0.05) is 0 Å². The number of aryl methyl sites for hydroxylation is 2. The highest BCUT2D eigenvalue weighted by Crippen LogP contribution is 2.22. The lowest BCUT2D eigenvalue weighted by molar-refractivity contribution is 0.128. The Kier molecular flexibility index (Phi) is 7.67. The molecule has 0 spiro atoms. The van der Waals surface area contributed by atoms with Crippen LogP contribution in [0.5, 0.6) is 0 Å². The molecule has 4 nitrogen and oxygen atoms in total. The number of amides is 1. The summed E-state index contributed by atoms with van der Waals surface area (Å²) < 4.78 is 5.23. The van der Waals surface area contributed by atoms with Gasteiger partial charge in [-0.05, 0) is 42.4 Å². The predicted octanol–water partition coefficient (Wildman–Crippen LogP) is 4.34. The summed E-state index contributed by atoms with van der Waals surface area (Å²) in [5, 5.41) is 12.4. The van der Waals surface area contributed by atoms with Crippen molar-refractivity contribution in [3.8, 4) is 0 Å². The lowest BCUT2D eigenvalue weighted by Crippen LogP contribution is -2.38. The second-order valence-corrected chi connectivity index (χ2v) is 6.98. The van der Waals surface area contributed by atoms with Crippen LogP contribution < -0.4 is 5.32 Å². The van der Waals surface area contributed by atoms with E-state index in [1.807, 2.05) is 30.3 Å². The quantitative estimate of drug-likeness (QED) is 0.740. The van der Waals surface area contributed by atoms with Crippen molar-refractivity contribution in [2.45, 2.75) is 52.2 Å². The molecule has 0 aliphatic rings. The molecule has 1 atom stereocenters.